The average molecular weight is 297 g/mol. The number of ether oxygens (including phenoxy) is 2. The number of benzene rings is 2. The van der Waals surface area contributed by atoms with Crippen molar-refractivity contribution in [3.05, 3.63) is 58.4 Å². The second kappa shape index (κ2) is 6.11. The molecular formula is C15H14ClFO3. The fourth-order valence-electron chi connectivity index (χ4n) is 2.03. The number of rotatable bonds is 4. The summed E-state index contributed by atoms with van der Waals surface area (Å²) in [7, 11) is 2.89. The van der Waals surface area contributed by atoms with Gasteiger partial charge in [-0.3, -0.25) is 0 Å². The molecule has 20 heavy (non-hydrogen) atoms. The summed E-state index contributed by atoms with van der Waals surface area (Å²) in [4.78, 5) is 0. The predicted molar refractivity (Wildman–Crippen MR) is 75.0 cm³/mol. The van der Waals surface area contributed by atoms with Crippen LogP contribution in [0.15, 0.2) is 36.4 Å². The molecule has 1 atom stereocenters. The molecule has 2 aromatic carbocycles. The Hall–Kier alpha value is -1.78. The predicted octanol–water partition coefficient (Wildman–Crippen LogP) is 3.58. The zero-order valence-corrected chi connectivity index (χ0v) is 11.8. The molecule has 5 heteroatoms. The van der Waals surface area contributed by atoms with Crippen molar-refractivity contribution in [3.63, 3.8) is 0 Å². The fraction of sp³-hybridized carbons (Fsp3) is 0.200. The van der Waals surface area contributed by atoms with Crippen LogP contribution in [0.1, 0.15) is 17.2 Å². The average Bonchev–Trinajstić information content (AvgIpc) is 2.46. The lowest BCUT2D eigenvalue weighted by Crippen LogP contribution is -2.07. The van der Waals surface area contributed by atoms with E-state index in [4.69, 9.17) is 21.1 Å². The highest BCUT2D eigenvalue weighted by Gasteiger charge is 2.23. The highest BCUT2D eigenvalue weighted by atomic mass is 35.5. The van der Waals surface area contributed by atoms with Crippen molar-refractivity contribution in [2.45, 2.75) is 6.10 Å². The summed E-state index contributed by atoms with van der Waals surface area (Å²) in [5.41, 5.74) is 0.430. The second-order valence-corrected chi connectivity index (χ2v) is 4.58. The van der Waals surface area contributed by atoms with Crippen molar-refractivity contribution in [3.8, 4) is 11.5 Å². The van der Waals surface area contributed by atoms with Crippen LogP contribution in [0.25, 0.3) is 0 Å². The van der Waals surface area contributed by atoms with Gasteiger partial charge in [-0.05, 0) is 30.3 Å². The van der Waals surface area contributed by atoms with Gasteiger partial charge in [0.2, 0.25) is 0 Å². The van der Waals surface area contributed by atoms with Gasteiger partial charge in [-0.15, -0.1) is 0 Å². The lowest BCUT2D eigenvalue weighted by molar-refractivity contribution is 0.204. The van der Waals surface area contributed by atoms with Gasteiger partial charge in [-0.2, -0.15) is 0 Å². The Kier molecular flexibility index (Phi) is 4.47. The van der Waals surface area contributed by atoms with E-state index >= 15 is 0 Å². The van der Waals surface area contributed by atoms with Crippen LogP contribution in [0.4, 0.5) is 4.39 Å². The molecule has 0 spiro atoms. The lowest BCUT2D eigenvalue weighted by atomic mass is 9.99. The summed E-state index contributed by atoms with van der Waals surface area (Å²) in [5.74, 6) is 0.130. The van der Waals surface area contributed by atoms with Gasteiger partial charge in [-0.1, -0.05) is 17.7 Å². The van der Waals surface area contributed by atoms with Gasteiger partial charge in [0, 0.05) is 10.6 Å². The third-order valence-electron chi connectivity index (χ3n) is 2.99. The first kappa shape index (κ1) is 14.6. The van der Waals surface area contributed by atoms with Crippen LogP contribution in [0.2, 0.25) is 5.02 Å². The van der Waals surface area contributed by atoms with Crippen molar-refractivity contribution in [1.82, 2.24) is 0 Å². The number of hydrogen-bond donors (Lipinski definition) is 1. The minimum atomic E-state index is -1.24. The zero-order valence-electron chi connectivity index (χ0n) is 11.1. The smallest absolute Gasteiger partial charge is 0.133 e. The molecule has 0 heterocycles. The van der Waals surface area contributed by atoms with Gasteiger partial charge in [0.05, 0.1) is 19.8 Å². The summed E-state index contributed by atoms with van der Waals surface area (Å²) in [6.45, 7) is 0. The van der Waals surface area contributed by atoms with Crippen LogP contribution in [0.3, 0.4) is 0 Å². The molecule has 0 bridgehead atoms. The Morgan fingerprint density at radius 1 is 1.10 bits per heavy atom. The van der Waals surface area contributed by atoms with Crippen molar-refractivity contribution in [2.75, 3.05) is 14.2 Å². The molecule has 2 rings (SSSR count). The molecule has 0 aliphatic rings. The molecule has 3 nitrogen and oxygen atoms in total. The van der Waals surface area contributed by atoms with Gasteiger partial charge < -0.3 is 14.6 Å². The molecule has 0 aromatic heterocycles. The minimum absolute atomic E-state index is 0.0515. The van der Waals surface area contributed by atoms with Crippen molar-refractivity contribution in [2.24, 2.45) is 0 Å². The van der Waals surface area contributed by atoms with Crippen LogP contribution in [0, 0.1) is 5.82 Å². The normalized spacial score (nSPS) is 12.1. The Morgan fingerprint density at radius 3 is 2.45 bits per heavy atom. The topological polar surface area (TPSA) is 38.7 Å². The minimum Gasteiger partial charge on any atom is -0.496 e. The standard InChI is InChI=1S/C15H14ClFO3/c1-19-12-7-6-9(16)8-10(12)15(18)14-11(17)4-3-5-13(14)20-2/h3-8,15,18H,1-2H3. The molecule has 0 radical (unpaired) electrons. The number of halogens is 2. The van der Waals surface area contributed by atoms with Crippen LogP contribution < -0.4 is 9.47 Å². The van der Waals surface area contributed by atoms with E-state index in [0.717, 1.165) is 0 Å². The van der Waals surface area contributed by atoms with E-state index in [1.807, 2.05) is 0 Å². The first-order valence-electron chi connectivity index (χ1n) is 5.92. The lowest BCUT2D eigenvalue weighted by Gasteiger charge is -2.18. The number of methoxy groups -OCH3 is 2. The Balaban J connectivity index is 2.57. The summed E-state index contributed by atoms with van der Waals surface area (Å²) in [6, 6.07) is 9.15. The Bertz CT molecular complexity index is 616. The molecule has 1 N–H and O–H groups in total. The van der Waals surface area contributed by atoms with E-state index in [9.17, 15) is 9.50 Å². The largest absolute Gasteiger partial charge is 0.496 e. The van der Waals surface area contributed by atoms with Crippen LogP contribution in [0.5, 0.6) is 11.5 Å². The molecule has 0 saturated heterocycles. The molecule has 1 unspecified atom stereocenters. The summed E-state index contributed by atoms with van der Waals surface area (Å²) in [6.07, 6.45) is -1.24. The SMILES string of the molecule is COc1ccc(Cl)cc1C(O)c1c(F)cccc1OC. The number of aliphatic hydroxyl groups excluding tert-OH is 1. The highest BCUT2D eigenvalue weighted by Crippen LogP contribution is 2.37. The van der Waals surface area contributed by atoms with Gasteiger partial charge >= 0.3 is 0 Å². The number of aliphatic hydroxyl groups is 1. The summed E-state index contributed by atoms with van der Waals surface area (Å²) >= 11 is 5.93. The molecule has 0 saturated carbocycles. The van der Waals surface area contributed by atoms with E-state index < -0.39 is 11.9 Å². The number of hydrogen-bond acceptors (Lipinski definition) is 3. The third kappa shape index (κ3) is 2.71. The quantitative estimate of drug-likeness (QED) is 0.937. The highest BCUT2D eigenvalue weighted by molar-refractivity contribution is 6.30. The molecular weight excluding hydrogens is 283 g/mol. The van der Waals surface area contributed by atoms with E-state index in [1.165, 1.54) is 32.4 Å². The van der Waals surface area contributed by atoms with Gasteiger partial charge in [0.15, 0.2) is 0 Å². The van der Waals surface area contributed by atoms with E-state index in [0.29, 0.717) is 16.3 Å². The molecule has 2 aromatic rings. The second-order valence-electron chi connectivity index (χ2n) is 4.14. The fourth-order valence-corrected chi connectivity index (χ4v) is 2.22. The molecule has 0 aliphatic carbocycles. The first-order valence-corrected chi connectivity index (χ1v) is 6.30. The zero-order chi connectivity index (χ0) is 14.7. The maximum absolute atomic E-state index is 14.0. The van der Waals surface area contributed by atoms with Gasteiger partial charge in [0.25, 0.3) is 0 Å². The summed E-state index contributed by atoms with van der Waals surface area (Å²) < 4.78 is 24.3. The molecule has 0 aliphatic heterocycles. The molecule has 0 fully saturated rings. The first-order chi connectivity index (χ1) is 9.58. The maximum atomic E-state index is 14.0. The van der Waals surface area contributed by atoms with E-state index in [2.05, 4.69) is 0 Å². The van der Waals surface area contributed by atoms with Crippen molar-refractivity contribution in [1.29, 1.82) is 0 Å². The van der Waals surface area contributed by atoms with Crippen molar-refractivity contribution >= 4 is 11.6 Å². The van der Waals surface area contributed by atoms with Gasteiger partial charge in [0.1, 0.15) is 23.4 Å². The third-order valence-corrected chi connectivity index (χ3v) is 3.23. The molecule has 0 amide bonds. The van der Waals surface area contributed by atoms with Crippen LogP contribution in [-0.4, -0.2) is 19.3 Å². The Labute approximate surface area is 121 Å². The Morgan fingerprint density at radius 2 is 1.80 bits per heavy atom. The van der Waals surface area contributed by atoms with E-state index in [1.54, 1.807) is 18.2 Å². The van der Waals surface area contributed by atoms with Gasteiger partial charge in [-0.25, -0.2) is 4.39 Å². The summed E-state index contributed by atoms with van der Waals surface area (Å²) in [5, 5.41) is 10.9. The van der Waals surface area contributed by atoms with Crippen LogP contribution in [-0.2, 0) is 0 Å². The van der Waals surface area contributed by atoms with Crippen molar-refractivity contribution < 1.29 is 19.0 Å². The maximum Gasteiger partial charge on any atom is 0.133 e. The van der Waals surface area contributed by atoms with E-state index in [-0.39, 0.29) is 11.3 Å². The van der Waals surface area contributed by atoms with Crippen LogP contribution >= 0.6 is 11.6 Å². The monoisotopic (exact) mass is 296 g/mol. The molecule has 106 valence electrons.